The van der Waals surface area contributed by atoms with Crippen molar-refractivity contribution in [1.82, 2.24) is 9.88 Å². The number of nitrogens with zero attached hydrogens (tertiary/aromatic N) is 4. The number of carbonyl (C=O) groups excluding carboxylic acids is 2. The number of aromatic nitrogens is 1. The van der Waals surface area contributed by atoms with E-state index in [1.807, 2.05) is 47.4 Å². The third kappa shape index (κ3) is 3.83. The monoisotopic (exact) mass is 428 g/mol. The van der Waals surface area contributed by atoms with Gasteiger partial charge in [-0.15, -0.1) is 0 Å². The third-order valence-corrected chi connectivity index (χ3v) is 5.71. The number of amides is 2. The van der Waals surface area contributed by atoms with Gasteiger partial charge in [0.2, 0.25) is 11.8 Å². The molecule has 27 heavy (non-hydrogen) atoms. The largest absolute Gasteiger partial charge is 0.353 e. The summed E-state index contributed by atoms with van der Waals surface area (Å²) >= 11 is 3.41. The molecule has 2 fully saturated rings. The Labute approximate surface area is 166 Å². The fourth-order valence-corrected chi connectivity index (χ4v) is 3.96. The van der Waals surface area contributed by atoms with Gasteiger partial charge in [0.15, 0.2) is 0 Å². The van der Waals surface area contributed by atoms with Crippen LogP contribution >= 0.6 is 15.9 Å². The maximum atomic E-state index is 12.9. The van der Waals surface area contributed by atoms with E-state index in [2.05, 4.69) is 25.8 Å². The highest BCUT2D eigenvalue weighted by Crippen LogP contribution is 2.28. The predicted molar refractivity (Wildman–Crippen MR) is 108 cm³/mol. The van der Waals surface area contributed by atoms with Crippen molar-refractivity contribution in [3.8, 4) is 0 Å². The topological polar surface area (TPSA) is 56.8 Å². The molecule has 2 aliphatic heterocycles. The van der Waals surface area contributed by atoms with Crippen LogP contribution in [0.1, 0.15) is 6.42 Å². The number of benzene rings is 1. The first-order valence-corrected chi connectivity index (χ1v) is 9.92. The Morgan fingerprint density at radius 1 is 1.04 bits per heavy atom. The molecule has 2 saturated heterocycles. The van der Waals surface area contributed by atoms with E-state index in [-0.39, 0.29) is 24.2 Å². The molecule has 0 radical (unpaired) electrons. The van der Waals surface area contributed by atoms with Gasteiger partial charge in [-0.3, -0.25) is 9.59 Å². The highest BCUT2D eigenvalue weighted by Gasteiger charge is 2.38. The van der Waals surface area contributed by atoms with Gasteiger partial charge in [0.05, 0.1) is 5.92 Å². The molecule has 0 bridgehead atoms. The second-order valence-electron chi connectivity index (χ2n) is 6.88. The summed E-state index contributed by atoms with van der Waals surface area (Å²) < 4.78 is 0.969. The Kier molecular flexibility index (Phi) is 5.11. The van der Waals surface area contributed by atoms with Crippen LogP contribution in [0, 0.1) is 5.92 Å². The average molecular weight is 429 g/mol. The van der Waals surface area contributed by atoms with Crippen molar-refractivity contribution < 1.29 is 9.59 Å². The zero-order valence-corrected chi connectivity index (χ0v) is 16.5. The molecule has 2 amide bonds. The van der Waals surface area contributed by atoms with Gasteiger partial charge in [-0.05, 0) is 36.4 Å². The van der Waals surface area contributed by atoms with E-state index in [0.717, 1.165) is 29.1 Å². The SMILES string of the molecule is O=C(C1CC(=O)N(c2ccc(Br)cc2)C1)N1CCN(c2ccccn2)CC1. The van der Waals surface area contributed by atoms with Crippen LogP contribution in [0.3, 0.4) is 0 Å². The van der Waals surface area contributed by atoms with Gasteiger partial charge in [0.1, 0.15) is 5.82 Å². The quantitative estimate of drug-likeness (QED) is 0.753. The summed E-state index contributed by atoms with van der Waals surface area (Å²) in [5, 5.41) is 0. The first-order chi connectivity index (χ1) is 13.1. The van der Waals surface area contributed by atoms with E-state index >= 15 is 0 Å². The summed E-state index contributed by atoms with van der Waals surface area (Å²) in [6.45, 7) is 3.32. The second-order valence-corrected chi connectivity index (χ2v) is 7.80. The molecule has 0 aliphatic carbocycles. The molecule has 2 aliphatic rings. The van der Waals surface area contributed by atoms with Crippen molar-refractivity contribution in [3.63, 3.8) is 0 Å². The number of piperazine rings is 1. The van der Waals surface area contributed by atoms with E-state index in [0.29, 0.717) is 19.6 Å². The number of hydrogen-bond donors (Lipinski definition) is 0. The lowest BCUT2D eigenvalue weighted by atomic mass is 10.1. The Balaban J connectivity index is 1.36. The molecule has 4 rings (SSSR count). The zero-order valence-electron chi connectivity index (χ0n) is 14.9. The summed E-state index contributed by atoms with van der Waals surface area (Å²) in [7, 11) is 0. The molecular weight excluding hydrogens is 408 g/mol. The number of carbonyl (C=O) groups is 2. The predicted octanol–water partition coefficient (Wildman–Crippen LogP) is 2.55. The summed E-state index contributed by atoms with van der Waals surface area (Å²) in [4.78, 5) is 35.5. The number of pyridine rings is 1. The second kappa shape index (κ2) is 7.68. The van der Waals surface area contributed by atoms with E-state index in [1.165, 1.54) is 0 Å². The van der Waals surface area contributed by atoms with Crippen molar-refractivity contribution in [2.24, 2.45) is 5.92 Å². The van der Waals surface area contributed by atoms with Gasteiger partial charge in [-0.2, -0.15) is 0 Å². The van der Waals surface area contributed by atoms with Crippen molar-refractivity contribution >= 4 is 39.2 Å². The molecule has 140 valence electrons. The highest BCUT2D eigenvalue weighted by atomic mass is 79.9. The number of rotatable bonds is 3. The Morgan fingerprint density at radius 3 is 2.44 bits per heavy atom. The number of anilines is 2. The minimum Gasteiger partial charge on any atom is -0.353 e. The lowest BCUT2D eigenvalue weighted by Crippen LogP contribution is -2.51. The van der Waals surface area contributed by atoms with Crippen molar-refractivity contribution in [2.75, 3.05) is 42.5 Å². The van der Waals surface area contributed by atoms with E-state index in [1.54, 1.807) is 11.1 Å². The van der Waals surface area contributed by atoms with Crippen LogP contribution in [0.2, 0.25) is 0 Å². The van der Waals surface area contributed by atoms with Crippen LogP contribution in [-0.4, -0.2) is 54.4 Å². The molecular formula is C20H21BrN4O2. The van der Waals surface area contributed by atoms with Crippen LogP contribution in [0.15, 0.2) is 53.1 Å². The van der Waals surface area contributed by atoms with Crippen LogP contribution in [0.25, 0.3) is 0 Å². The molecule has 7 heteroatoms. The number of hydrogen-bond acceptors (Lipinski definition) is 4. The van der Waals surface area contributed by atoms with Crippen molar-refractivity contribution in [3.05, 3.63) is 53.1 Å². The smallest absolute Gasteiger partial charge is 0.228 e. The van der Waals surface area contributed by atoms with Crippen LogP contribution in [0.5, 0.6) is 0 Å². The lowest BCUT2D eigenvalue weighted by Gasteiger charge is -2.36. The van der Waals surface area contributed by atoms with Gasteiger partial charge in [-0.1, -0.05) is 22.0 Å². The molecule has 1 unspecified atom stereocenters. The summed E-state index contributed by atoms with van der Waals surface area (Å²) in [5.74, 6) is 0.788. The molecule has 1 aromatic heterocycles. The molecule has 0 spiro atoms. The van der Waals surface area contributed by atoms with E-state index in [9.17, 15) is 9.59 Å². The fourth-order valence-electron chi connectivity index (χ4n) is 3.70. The van der Waals surface area contributed by atoms with Gasteiger partial charge in [-0.25, -0.2) is 4.98 Å². The molecule has 2 aromatic rings. The lowest BCUT2D eigenvalue weighted by molar-refractivity contribution is -0.136. The molecule has 0 saturated carbocycles. The van der Waals surface area contributed by atoms with Gasteiger partial charge >= 0.3 is 0 Å². The molecule has 6 nitrogen and oxygen atoms in total. The minimum atomic E-state index is -0.262. The van der Waals surface area contributed by atoms with E-state index in [4.69, 9.17) is 0 Å². The Hall–Kier alpha value is -2.41. The molecule has 1 aromatic carbocycles. The molecule has 0 N–H and O–H groups in total. The normalized spacial score (nSPS) is 20.3. The summed E-state index contributed by atoms with van der Waals surface area (Å²) in [5.41, 5.74) is 0.846. The summed E-state index contributed by atoms with van der Waals surface area (Å²) in [6, 6.07) is 13.5. The minimum absolute atomic E-state index is 0.0165. The van der Waals surface area contributed by atoms with Gasteiger partial charge < -0.3 is 14.7 Å². The number of halogens is 1. The van der Waals surface area contributed by atoms with Crippen molar-refractivity contribution in [2.45, 2.75) is 6.42 Å². The summed E-state index contributed by atoms with van der Waals surface area (Å²) in [6.07, 6.45) is 2.07. The van der Waals surface area contributed by atoms with Gasteiger partial charge in [0, 0.05) is 55.5 Å². The van der Waals surface area contributed by atoms with Crippen LogP contribution in [0.4, 0.5) is 11.5 Å². The van der Waals surface area contributed by atoms with Crippen LogP contribution in [-0.2, 0) is 9.59 Å². The van der Waals surface area contributed by atoms with Crippen molar-refractivity contribution in [1.29, 1.82) is 0 Å². The zero-order chi connectivity index (χ0) is 18.8. The maximum Gasteiger partial charge on any atom is 0.228 e. The Bertz CT molecular complexity index is 820. The standard InChI is InChI=1S/C20H21BrN4O2/c21-16-4-6-17(7-5-16)25-14-15(13-19(25)26)20(27)24-11-9-23(10-12-24)18-3-1-2-8-22-18/h1-8,15H,9-14H2. The fraction of sp³-hybridized carbons (Fsp3) is 0.350. The van der Waals surface area contributed by atoms with Crippen LogP contribution < -0.4 is 9.80 Å². The third-order valence-electron chi connectivity index (χ3n) is 5.18. The Morgan fingerprint density at radius 2 is 1.78 bits per heavy atom. The molecule has 3 heterocycles. The first kappa shape index (κ1) is 18.0. The first-order valence-electron chi connectivity index (χ1n) is 9.12. The average Bonchev–Trinajstić information content (AvgIpc) is 3.10. The van der Waals surface area contributed by atoms with E-state index < -0.39 is 0 Å². The maximum absolute atomic E-state index is 12.9. The highest BCUT2D eigenvalue weighted by molar-refractivity contribution is 9.10. The van der Waals surface area contributed by atoms with Gasteiger partial charge in [0.25, 0.3) is 0 Å². The molecule has 1 atom stereocenters.